The fourth-order valence-corrected chi connectivity index (χ4v) is 3.90. The Balaban J connectivity index is 1.49. The van der Waals surface area contributed by atoms with Gasteiger partial charge < -0.3 is 9.80 Å². The first-order valence-electron chi connectivity index (χ1n) is 8.43. The first kappa shape index (κ1) is 15.4. The summed E-state index contributed by atoms with van der Waals surface area (Å²) in [6.07, 6.45) is 12.6. The molecule has 2 fully saturated rings. The van der Waals surface area contributed by atoms with E-state index in [9.17, 15) is 4.79 Å². The van der Waals surface area contributed by atoms with Crippen LogP contribution in [0, 0.1) is 0 Å². The fourth-order valence-electron chi connectivity index (χ4n) is 3.90. The third kappa shape index (κ3) is 3.29. The molecule has 1 amide bonds. The molecule has 2 saturated heterocycles. The molecular weight excluding hydrogens is 276 g/mol. The SMILES string of the molecule is CN1CCCCC12CCN(C(=O)CCc1cncnc1)CC2. The van der Waals surface area contributed by atoms with Gasteiger partial charge in [-0.1, -0.05) is 6.42 Å². The maximum absolute atomic E-state index is 12.4. The number of aromatic nitrogens is 2. The van der Waals surface area contributed by atoms with Gasteiger partial charge in [0.15, 0.2) is 0 Å². The number of carbonyl (C=O) groups is 1. The molecule has 1 aromatic rings. The zero-order chi connectivity index (χ0) is 15.4. The van der Waals surface area contributed by atoms with Crippen LogP contribution in [0.2, 0.25) is 0 Å². The molecule has 5 heteroatoms. The molecule has 0 aliphatic carbocycles. The van der Waals surface area contributed by atoms with Crippen LogP contribution in [0.1, 0.15) is 44.1 Å². The summed E-state index contributed by atoms with van der Waals surface area (Å²) in [6.45, 7) is 3.03. The van der Waals surface area contributed by atoms with Gasteiger partial charge in [0.2, 0.25) is 5.91 Å². The van der Waals surface area contributed by atoms with Gasteiger partial charge in [-0.2, -0.15) is 0 Å². The number of hydrogen-bond acceptors (Lipinski definition) is 4. The van der Waals surface area contributed by atoms with E-state index in [2.05, 4.69) is 26.8 Å². The van der Waals surface area contributed by atoms with E-state index >= 15 is 0 Å². The second-order valence-corrected chi connectivity index (χ2v) is 6.73. The summed E-state index contributed by atoms with van der Waals surface area (Å²) < 4.78 is 0. The lowest BCUT2D eigenvalue weighted by molar-refractivity contribution is -0.134. The minimum Gasteiger partial charge on any atom is -0.343 e. The molecule has 0 unspecified atom stereocenters. The average Bonchev–Trinajstić information content (AvgIpc) is 2.57. The summed E-state index contributed by atoms with van der Waals surface area (Å²) >= 11 is 0. The van der Waals surface area contributed by atoms with Crippen LogP contribution >= 0.6 is 0 Å². The fraction of sp³-hybridized carbons (Fsp3) is 0.706. The van der Waals surface area contributed by atoms with E-state index in [4.69, 9.17) is 0 Å². The van der Waals surface area contributed by atoms with Crippen molar-refractivity contribution in [2.45, 2.75) is 50.5 Å². The predicted molar refractivity (Wildman–Crippen MR) is 85.4 cm³/mol. The van der Waals surface area contributed by atoms with Crippen molar-refractivity contribution in [3.05, 3.63) is 24.3 Å². The van der Waals surface area contributed by atoms with Crippen LogP contribution in [-0.2, 0) is 11.2 Å². The highest BCUT2D eigenvalue weighted by Crippen LogP contribution is 2.36. The van der Waals surface area contributed by atoms with Crippen LogP contribution in [0.15, 0.2) is 18.7 Å². The molecule has 0 N–H and O–H groups in total. The predicted octanol–water partition coefficient (Wildman–Crippen LogP) is 1.89. The van der Waals surface area contributed by atoms with E-state index in [1.165, 1.54) is 32.1 Å². The van der Waals surface area contributed by atoms with Gasteiger partial charge in [0, 0.05) is 37.4 Å². The highest BCUT2D eigenvalue weighted by Gasteiger charge is 2.40. The normalized spacial score (nSPS) is 22.0. The van der Waals surface area contributed by atoms with Crippen molar-refractivity contribution in [1.82, 2.24) is 19.8 Å². The number of nitrogens with zero attached hydrogens (tertiary/aromatic N) is 4. The van der Waals surface area contributed by atoms with Crippen molar-refractivity contribution < 1.29 is 4.79 Å². The van der Waals surface area contributed by atoms with Gasteiger partial charge in [-0.05, 0) is 51.3 Å². The van der Waals surface area contributed by atoms with Crippen molar-refractivity contribution in [3.63, 3.8) is 0 Å². The number of piperidine rings is 2. The van der Waals surface area contributed by atoms with Crippen molar-refractivity contribution in [1.29, 1.82) is 0 Å². The summed E-state index contributed by atoms with van der Waals surface area (Å²) in [7, 11) is 2.26. The van der Waals surface area contributed by atoms with Crippen molar-refractivity contribution >= 4 is 5.91 Å². The highest BCUT2D eigenvalue weighted by atomic mass is 16.2. The van der Waals surface area contributed by atoms with E-state index in [0.717, 1.165) is 37.9 Å². The number of aryl methyl sites for hydroxylation is 1. The van der Waals surface area contributed by atoms with E-state index in [0.29, 0.717) is 12.0 Å². The Morgan fingerprint density at radius 2 is 1.86 bits per heavy atom. The first-order valence-corrected chi connectivity index (χ1v) is 8.43. The largest absolute Gasteiger partial charge is 0.343 e. The topological polar surface area (TPSA) is 49.3 Å². The molecule has 2 aliphatic heterocycles. The lowest BCUT2D eigenvalue weighted by Crippen LogP contribution is -2.56. The smallest absolute Gasteiger partial charge is 0.222 e. The minimum atomic E-state index is 0.275. The third-order valence-electron chi connectivity index (χ3n) is 5.48. The van der Waals surface area contributed by atoms with E-state index in [1.807, 2.05) is 0 Å². The highest BCUT2D eigenvalue weighted by molar-refractivity contribution is 5.76. The zero-order valence-electron chi connectivity index (χ0n) is 13.5. The van der Waals surface area contributed by atoms with Crippen molar-refractivity contribution in [2.24, 2.45) is 0 Å². The number of carbonyl (C=O) groups excluding carboxylic acids is 1. The first-order chi connectivity index (χ1) is 10.7. The summed E-state index contributed by atoms with van der Waals surface area (Å²) in [6, 6.07) is 0. The van der Waals surface area contributed by atoms with Crippen LogP contribution in [0.3, 0.4) is 0 Å². The Morgan fingerprint density at radius 3 is 2.55 bits per heavy atom. The molecule has 0 radical (unpaired) electrons. The van der Waals surface area contributed by atoms with Gasteiger partial charge in [-0.25, -0.2) is 9.97 Å². The monoisotopic (exact) mass is 302 g/mol. The van der Waals surface area contributed by atoms with Crippen LogP contribution in [0.5, 0.6) is 0 Å². The Bertz CT molecular complexity index is 497. The molecule has 22 heavy (non-hydrogen) atoms. The molecule has 5 nitrogen and oxygen atoms in total. The quantitative estimate of drug-likeness (QED) is 0.855. The van der Waals surface area contributed by atoms with Crippen LogP contribution in [-0.4, -0.2) is 57.9 Å². The number of amides is 1. The summed E-state index contributed by atoms with van der Waals surface area (Å²) in [5.41, 5.74) is 1.40. The van der Waals surface area contributed by atoms with Crippen LogP contribution in [0.4, 0.5) is 0 Å². The number of hydrogen-bond donors (Lipinski definition) is 0. The molecule has 0 aromatic carbocycles. The molecule has 0 bridgehead atoms. The van der Waals surface area contributed by atoms with E-state index in [-0.39, 0.29) is 5.91 Å². The lowest BCUT2D eigenvalue weighted by Gasteiger charge is -2.50. The van der Waals surface area contributed by atoms with Gasteiger partial charge in [-0.3, -0.25) is 4.79 Å². The Hall–Kier alpha value is -1.49. The van der Waals surface area contributed by atoms with Crippen LogP contribution < -0.4 is 0 Å². The minimum absolute atomic E-state index is 0.275. The Kier molecular flexibility index (Phi) is 4.71. The molecule has 1 aromatic heterocycles. The average molecular weight is 302 g/mol. The molecule has 2 aliphatic rings. The second kappa shape index (κ2) is 6.73. The van der Waals surface area contributed by atoms with Gasteiger partial charge in [0.25, 0.3) is 0 Å². The van der Waals surface area contributed by atoms with Gasteiger partial charge >= 0.3 is 0 Å². The van der Waals surface area contributed by atoms with E-state index in [1.54, 1.807) is 12.4 Å². The maximum Gasteiger partial charge on any atom is 0.222 e. The van der Waals surface area contributed by atoms with Gasteiger partial charge in [-0.15, -0.1) is 0 Å². The molecule has 0 saturated carbocycles. The number of likely N-dealkylation sites (tertiary alicyclic amines) is 2. The Labute approximate surface area is 132 Å². The van der Waals surface area contributed by atoms with Crippen molar-refractivity contribution in [3.8, 4) is 0 Å². The third-order valence-corrected chi connectivity index (χ3v) is 5.48. The summed E-state index contributed by atoms with van der Waals surface area (Å²) in [5.74, 6) is 0.275. The zero-order valence-corrected chi connectivity index (χ0v) is 13.5. The standard InChI is InChI=1S/C17H26N4O/c1-20-9-3-2-6-17(20)7-10-21(11-8-17)16(22)5-4-15-12-18-14-19-13-15/h12-14H,2-11H2,1H3. The molecule has 3 heterocycles. The molecular formula is C17H26N4O. The van der Waals surface area contributed by atoms with Crippen molar-refractivity contribution in [2.75, 3.05) is 26.7 Å². The van der Waals surface area contributed by atoms with Gasteiger partial charge in [0.05, 0.1) is 0 Å². The van der Waals surface area contributed by atoms with E-state index < -0.39 is 0 Å². The van der Waals surface area contributed by atoms with Crippen LogP contribution in [0.25, 0.3) is 0 Å². The molecule has 1 spiro atoms. The number of rotatable bonds is 3. The lowest BCUT2D eigenvalue weighted by atomic mass is 9.79. The maximum atomic E-state index is 12.4. The molecule has 0 atom stereocenters. The second-order valence-electron chi connectivity index (χ2n) is 6.73. The molecule has 120 valence electrons. The summed E-state index contributed by atoms with van der Waals surface area (Å²) in [4.78, 5) is 25.0. The Morgan fingerprint density at radius 1 is 1.14 bits per heavy atom. The molecule has 3 rings (SSSR count). The summed E-state index contributed by atoms with van der Waals surface area (Å²) in [5, 5.41) is 0. The van der Waals surface area contributed by atoms with Gasteiger partial charge in [0.1, 0.15) is 6.33 Å².